The molecule has 10 rings (SSSR count). The standard InChI is InChI=1S/C48H42N2O4/c1-46(2)53-43-41(49-47(31-18-6-4-7-19-31)37-26-14-10-22-33(37)34-23-11-15-27-38(34)47)30-50(42(44(43)54-46)45(51)52-3)48(32-20-8-5-9-21-32)39-28-16-12-24-35(39)36-25-13-17-29-40(36)48/h4-29,41-44,49H,30H2,1-3H3/t41-,42+,43-,44-/m1/s1. The number of ether oxygens (including phenoxy) is 3. The highest BCUT2D eigenvalue weighted by molar-refractivity contribution is 5.86. The Hall–Kier alpha value is -5.37. The average molecular weight is 711 g/mol. The highest BCUT2D eigenvalue weighted by Gasteiger charge is 2.64. The Labute approximate surface area is 316 Å². The molecular weight excluding hydrogens is 669 g/mol. The van der Waals surface area contributed by atoms with Gasteiger partial charge in [0, 0.05) is 6.54 Å². The molecule has 6 aromatic carbocycles. The molecule has 6 nitrogen and oxygen atoms in total. The van der Waals surface area contributed by atoms with Crippen LogP contribution in [0.1, 0.15) is 47.2 Å². The maximum Gasteiger partial charge on any atom is 0.325 e. The van der Waals surface area contributed by atoms with Crippen molar-refractivity contribution in [2.75, 3.05) is 13.7 Å². The molecule has 268 valence electrons. The van der Waals surface area contributed by atoms with Crippen LogP contribution in [0.25, 0.3) is 22.3 Å². The van der Waals surface area contributed by atoms with Gasteiger partial charge < -0.3 is 14.2 Å². The normalized spacial score (nSPS) is 23.8. The van der Waals surface area contributed by atoms with E-state index in [1.165, 1.54) is 29.4 Å². The quantitative estimate of drug-likeness (QED) is 0.176. The Morgan fingerprint density at radius 1 is 0.593 bits per heavy atom. The fourth-order valence-corrected chi connectivity index (χ4v) is 10.3. The van der Waals surface area contributed by atoms with Crippen molar-refractivity contribution < 1.29 is 19.0 Å². The molecule has 0 bridgehead atoms. The number of esters is 1. The van der Waals surface area contributed by atoms with Gasteiger partial charge in [-0.05, 0) is 69.5 Å². The van der Waals surface area contributed by atoms with E-state index < -0.39 is 35.1 Å². The second kappa shape index (κ2) is 12.3. The van der Waals surface area contributed by atoms with E-state index in [0.29, 0.717) is 6.54 Å². The van der Waals surface area contributed by atoms with Gasteiger partial charge in [-0.1, -0.05) is 158 Å². The molecule has 6 aromatic rings. The van der Waals surface area contributed by atoms with Gasteiger partial charge in [0.1, 0.15) is 18.2 Å². The van der Waals surface area contributed by atoms with Crippen molar-refractivity contribution in [1.29, 1.82) is 0 Å². The molecule has 0 aromatic heterocycles. The van der Waals surface area contributed by atoms with Gasteiger partial charge in [-0.3, -0.25) is 15.0 Å². The smallest absolute Gasteiger partial charge is 0.325 e. The van der Waals surface area contributed by atoms with E-state index in [0.717, 1.165) is 33.4 Å². The first-order chi connectivity index (χ1) is 26.4. The minimum atomic E-state index is -0.950. The van der Waals surface area contributed by atoms with Gasteiger partial charge in [-0.2, -0.15) is 0 Å². The van der Waals surface area contributed by atoms with Crippen molar-refractivity contribution in [1.82, 2.24) is 10.2 Å². The van der Waals surface area contributed by atoms with Crippen LogP contribution in [0.3, 0.4) is 0 Å². The molecule has 2 heterocycles. The Morgan fingerprint density at radius 2 is 1.02 bits per heavy atom. The van der Waals surface area contributed by atoms with Gasteiger partial charge in [-0.15, -0.1) is 0 Å². The molecule has 2 aliphatic carbocycles. The second-order valence-corrected chi connectivity index (χ2v) is 15.3. The molecule has 0 saturated carbocycles. The highest BCUT2D eigenvalue weighted by atomic mass is 16.8. The molecule has 54 heavy (non-hydrogen) atoms. The fraction of sp³-hybridized carbons (Fsp3) is 0.229. The molecule has 2 saturated heterocycles. The van der Waals surface area contributed by atoms with Crippen LogP contribution in [-0.2, 0) is 30.1 Å². The lowest BCUT2D eigenvalue weighted by Crippen LogP contribution is -2.72. The topological polar surface area (TPSA) is 60.0 Å². The predicted octanol–water partition coefficient (Wildman–Crippen LogP) is 8.27. The number of hydrogen-bond donors (Lipinski definition) is 1. The number of nitrogens with one attached hydrogen (secondary N) is 1. The van der Waals surface area contributed by atoms with Crippen LogP contribution < -0.4 is 5.32 Å². The van der Waals surface area contributed by atoms with Crippen LogP contribution in [0.5, 0.6) is 0 Å². The Morgan fingerprint density at radius 3 is 1.54 bits per heavy atom. The third kappa shape index (κ3) is 4.58. The number of piperidine rings is 1. The first-order valence-electron chi connectivity index (χ1n) is 18.9. The summed E-state index contributed by atoms with van der Waals surface area (Å²) < 4.78 is 19.6. The van der Waals surface area contributed by atoms with Crippen LogP contribution >= 0.6 is 0 Å². The SMILES string of the molecule is COC(=O)[C@@H]1[C@H]2OC(C)(C)O[C@@H]2[C@H](NC2(c3ccccc3)c3ccccc3-c3ccccc32)CN1C1(c2ccccc2)c2ccccc2-c2ccccc21. The summed E-state index contributed by atoms with van der Waals surface area (Å²) in [6.07, 6.45) is -1.14. The lowest BCUT2D eigenvalue weighted by atomic mass is 9.74. The van der Waals surface area contributed by atoms with E-state index in [1.54, 1.807) is 0 Å². The molecule has 6 heteroatoms. The molecule has 0 spiro atoms. The van der Waals surface area contributed by atoms with E-state index in [4.69, 9.17) is 14.2 Å². The maximum atomic E-state index is 14.5. The number of fused-ring (bicyclic) bond motifs is 7. The van der Waals surface area contributed by atoms with Gasteiger partial charge in [-0.25, -0.2) is 0 Å². The molecule has 4 aliphatic rings. The van der Waals surface area contributed by atoms with Gasteiger partial charge in [0.15, 0.2) is 5.79 Å². The van der Waals surface area contributed by atoms with Crippen LogP contribution in [0.4, 0.5) is 0 Å². The summed E-state index contributed by atoms with van der Waals surface area (Å²) in [6.45, 7) is 4.33. The van der Waals surface area contributed by atoms with Gasteiger partial charge in [0.2, 0.25) is 0 Å². The summed E-state index contributed by atoms with van der Waals surface area (Å²) >= 11 is 0. The summed E-state index contributed by atoms with van der Waals surface area (Å²) in [5.41, 5.74) is 9.92. The minimum absolute atomic E-state index is 0.322. The maximum absolute atomic E-state index is 14.5. The van der Waals surface area contributed by atoms with Gasteiger partial charge >= 0.3 is 5.97 Å². The molecule has 4 atom stereocenters. The Balaban J connectivity index is 1.24. The second-order valence-electron chi connectivity index (χ2n) is 15.3. The number of hydrogen-bond acceptors (Lipinski definition) is 6. The van der Waals surface area contributed by atoms with Crippen molar-refractivity contribution in [2.45, 2.75) is 55.0 Å². The summed E-state index contributed by atoms with van der Waals surface area (Å²) in [7, 11) is 1.48. The lowest BCUT2D eigenvalue weighted by molar-refractivity contribution is -0.167. The third-order valence-corrected chi connectivity index (χ3v) is 12.2. The predicted molar refractivity (Wildman–Crippen MR) is 210 cm³/mol. The number of benzene rings is 6. The van der Waals surface area contributed by atoms with Crippen molar-refractivity contribution in [3.8, 4) is 22.3 Å². The zero-order valence-corrected chi connectivity index (χ0v) is 30.6. The first-order valence-corrected chi connectivity index (χ1v) is 18.9. The molecule has 1 N–H and O–H groups in total. The minimum Gasteiger partial charge on any atom is -0.468 e. The van der Waals surface area contributed by atoms with Crippen LogP contribution in [0.2, 0.25) is 0 Å². The zero-order chi connectivity index (χ0) is 36.7. The number of rotatable bonds is 6. The van der Waals surface area contributed by atoms with E-state index >= 15 is 0 Å². The first kappa shape index (κ1) is 33.2. The summed E-state index contributed by atoms with van der Waals surface area (Å²) in [6, 6.07) is 54.9. The van der Waals surface area contributed by atoms with Crippen LogP contribution in [-0.4, -0.2) is 54.6 Å². The van der Waals surface area contributed by atoms with E-state index in [1.807, 2.05) is 19.9 Å². The highest BCUT2D eigenvalue weighted by Crippen LogP contribution is 2.58. The average Bonchev–Trinajstić information content (AvgIpc) is 3.82. The molecule has 0 amide bonds. The van der Waals surface area contributed by atoms with E-state index in [-0.39, 0.29) is 12.0 Å². The van der Waals surface area contributed by atoms with Crippen LogP contribution in [0.15, 0.2) is 158 Å². The monoisotopic (exact) mass is 710 g/mol. The molecular formula is C48H42N2O4. The van der Waals surface area contributed by atoms with Crippen molar-refractivity contribution in [3.05, 3.63) is 191 Å². The number of likely N-dealkylation sites (tertiary alicyclic amines) is 1. The number of carbonyl (C=O) groups excluding carboxylic acids is 1. The molecule has 2 aliphatic heterocycles. The van der Waals surface area contributed by atoms with E-state index in [9.17, 15) is 4.79 Å². The fourth-order valence-electron chi connectivity index (χ4n) is 10.3. The van der Waals surface area contributed by atoms with Gasteiger partial charge in [0.05, 0.1) is 24.2 Å². The van der Waals surface area contributed by atoms with Crippen LogP contribution in [0, 0.1) is 0 Å². The number of methoxy groups -OCH3 is 1. The molecule has 0 unspecified atom stereocenters. The van der Waals surface area contributed by atoms with E-state index in [2.05, 4.69) is 162 Å². The number of nitrogens with zero attached hydrogens (tertiary/aromatic N) is 1. The Kier molecular flexibility index (Phi) is 7.59. The van der Waals surface area contributed by atoms with Crippen molar-refractivity contribution >= 4 is 5.97 Å². The summed E-state index contributed by atoms with van der Waals surface area (Å²) in [4.78, 5) is 16.9. The molecule has 2 fully saturated rings. The summed E-state index contributed by atoms with van der Waals surface area (Å²) in [5, 5.41) is 4.32. The Bertz CT molecular complexity index is 2300. The zero-order valence-electron chi connectivity index (χ0n) is 30.6. The third-order valence-electron chi connectivity index (χ3n) is 12.2. The summed E-state index contributed by atoms with van der Waals surface area (Å²) in [5.74, 6) is -1.30. The van der Waals surface area contributed by atoms with Gasteiger partial charge in [0.25, 0.3) is 0 Å². The number of carbonyl (C=O) groups is 1. The van der Waals surface area contributed by atoms with Crippen molar-refractivity contribution in [2.24, 2.45) is 0 Å². The lowest BCUT2D eigenvalue weighted by Gasteiger charge is -2.54. The van der Waals surface area contributed by atoms with Crippen molar-refractivity contribution in [3.63, 3.8) is 0 Å². The molecule has 0 radical (unpaired) electrons. The largest absolute Gasteiger partial charge is 0.468 e.